The minimum absolute atomic E-state index is 0.414. The number of hydrogen-bond acceptors (Lipinski definition) is 2. The fraction of sp³-hybridized carbons (Fsp3) is 1.00. The van der Waals surface area contributed by atoms with Crippen LogP contribution in [0.2, 0.25) is 0 Å². The van der Waals surface area contributed by atoms with Gasteiger partial charge >= 0.3 is 0 Å². The molecule has 98 valence electrons. The Balaban J connectivity index is 3.56. The molecule has 0 aliphatic rings. The van der Waals surface area contributed by atoms with Gasteiger partial charge in [0, 0.05) is 12.6 Å². The molecule has 1 unspecified atom stereocenters. The highest BCUT2D eigenvalue weighted by Gasteiger charge is 2.08. The Kier molecular flexibility index (Phi) is 11.1. The van der Waals surface area contributed by atoms with Crippen molar-refractivity contribution >= 4 is 0 Å². The van der Waals surface area contributed by atoms with Crippen LogP contribution >= 0.6 is 0 Å². The normalized spacial score (nSPS) is 13.3. The lowest BCUT2D eigenvalue weighted by atomic mass is 10.1. The van der Waals surface area contributed by atoms with Gasteiger partial charge in [0.25, 0.3) is 6.43 Å². The number of halogens is 2. The molecule has 0 bridgehead atoms. The van der Waals surface area contributed by atoms with E-state index < -0.39 is 13.0 Å². The second kappa shape index (κ2) is 11.3. The van der Waals surface area contributed by atoms with Gasteiger partial charge in [-0.15, -0.1) is 0 Å². The topological polar surface area (TPSA) is 21.3 Å². The summed E-state index contributed by atoms with van der Waals surface area (Å²) < 4.78 is 28.5. The highest BCUT2D eigenvalue weighted by molar-refractivity contribution is 4.66. The number of hydrogen-bond donors (Lipinski definition) is 1. The Morgan fingerprint density at radius 1 is 1.12 bits per heavy atom. The maximum absolute atomic E-state index is 11.8. The highest BCUT2D eigenvalue weighted by Crippen LogP contribution is 2.05. The lowest BCUT2D eigenvalue weighted by molar-refractivity contribution is 0.0142. The van der Waals surface area contributed by atoms with Crippen LogP contribution in [0.25, 0.3) is 0 Å². The predicted molar refractivity (Wildman–Crippen MR) is 63.0 cm³/mol. The first-order valence-corrected chi connectivity index (χ1v) is 6.29. The van der Waals surface area contributed by atoms with Crippen LogP contribution in [0.3, 0.4) is 0 Å². The summed E-state index contributed by atoms with van der Waals surface area (Å²) in [6.45, 7) is 5.26. The molecule has 0 saturated heterocycles. The largest absolute Gasteiger partial charge is 0.375 e. The van der Waals surface area contributed by atoms with Gasteiger partial charge in [0.2, 0.25) is 0 Å². The van der Waals surface area contributed by atoms with Crippen LogP contribution in [0, 0.1) is 0 Å². The monoisotopic (exact) mass is 237 g/mol. The minimum atomic E-state index is -2.35. The van der Waals surface area contributed by atoms with E-state index in [4.69, 9.17) is 4.74 Å². The van der Waals surface area contributed by atoms with E-state index in [0.29, 0.717) is 12.6 Å². The van der Waals surface area contributed by atoms with Crippen molar-refractivity contribution in [3.05, 3.63) is 0 Å². The number of alkyl halides is 2. The zero-order valence-electron chi connectivity index (χ0n) is 10.5. The van der Waals surface area contributed by atoms with E-state index in [1.54, 1.807) is 0 Å². The molecule has 0 aromatic rings. The van der Waals surface area contributed by atoms with Gasteiger partial charge in [0.05, 0.1) is 0 Å². The van der Waals surface area contributed by atoms with Crippen LogP contribution in [-0.2, 0) is 4.74 Å². The predicted octanol–water partition coefficient (Wildman–Crippen LogP) is 3.22. The summed E-state index contributed by atoms with van der Waals surface area (Å²) in [5, 5.41) is 3.42. The zero-order valence-corrected chi connectivity index (χ0v) is 10.5. The van der Waals surface area contributed by atoms with Crippen LogP contribution in [0.4, 0.5) is 8.78 Å². The summed E-state index contributed by atoms with van der Waals surface area (Å²) in [5.41, 5.74) is 0. The van der Waals surface area contributed by atoms with E-state index >= 15 is 0 Å². The number of ether oxygens (including phenoxy) is 1. The van der Waals surface area contributed by atoms with Crippen molar-refractivity contribution in [3.8, 4) is 0 Å². The average molecular weight is 237 g/mol. The van der Waals surface area contributed by atoms with E-state index in [0.717, 1.165) is 25.8 Å². The summed E-state index contributed by atoms with van der Waals surface area (Å²) >= 11 is 0. The molecule has 0 radical (unpaired) electrons. The summed E-state index contributed by atoms with van der Waals surface area (Å²) in [7, 11) is 0. The molecule has 0 saturated carbocycles. The fourth-order valence-electron chi connectivity index (χ4n) is 1.55. The SMILES string of the molecule is CCCCC(CCOCC(F)F)NCCC. The van der Waals surface area contributed by atoms with E-state index in [1.165, 1.54) is 12.8 Å². The summed E-state index contributed by atoms with van der Waals surface area (Å²) in [6.07, 6.45) is 3.03. The maximum atomic E-state index is 11.8. The van der Waals surface area contributed by atoms with Crippen LogP contribution in [0.5, 0.6) is 0 Å². The van der Waals surface area contributed by atoms with E-state index in [9.17, 15) is 8.78 Å². The lowest BCUT2D eigenvalue weighted by Crippen LogP contribution is -2.31. The molecule has 0 spiro atoms. The second-order valence-corrected chi connectivity index (χ2v) is 4.05. The van der Waals surface area contributed by atoms with Crippen molar-refractivity contribution in [1.82, 2.24) is 5.32 Å². The van der Waals surface area contributed by atoms with Crippen LogP contribution in [-0.4, -0.2) is 32.2 Å². The molecule has 16 heavy (non-hydrogen) atoms. The maximum Gasteiger partial charge on any atom is 0.261 e. The molecular formula is C12H25F2NO. The molecule has 0 amide bonds. The molecule has 0 aromatic carbocycles. The molecule has 0 heterocycles. The third-order valence-electron chi connectivity index (χ3n) is 2.44. The zero-order chi connectivity index (χ0) is 12.2. The molecule has 4 heteroatoms. The van der Waals surface area contributed by atoms with Crippen LogP contribution in [0.1, 0.15) is 46.0 Å². The summed E-state index contributed by atoms with van der Waals surface area (Å²) in [4.78, 5) is 0. The van der Waals surface area contributed by atoms with Crippen molar-refractivity contribution in [1.29, 1.82) is 0 Å². The molecule has 1 N–H and O–H groups in total. The quantitative estimate of drug-likeness (QED) is 0.557. The van der Waals surface area contributed by atoms with Gasteiger partial charge in [0.15, 0.2) is 0 Å². The van der Waals surface area contributed by atoms with Crippen molar-refractivity contribution in [2.75, 3.05) is 19.8 Å². The van der Waals surface area contributed by atoms with Gasteiger partial charge in [-0.1, -0.05) is 26.7 Å². The third kappa shape index (κ3) is 10.3. The number of nitrogens with one attached hydrogen (secondary N) is 1. The van der Waals surface area contributed by atoms with E-state index in [1.807, 2.05) is 0 Å². The number of rotatable bonds is 11. The van der Waals surface area contributed by atoms with Crippen molar-refractivity contribution in [2.45, 2.75) is 58.4 Å². The third-order valence-corrected chi connectivity index (χ3v) is 2.44. The Morgan fingerprint density at radius 2 is 1.88 bits per heavy atom. The second-order valence-electron chi connectivity index (χ2n) is 4.05. The van der Waals surface area contributed by atoms with Gasteiger partial charge in [-0.05, 0) is 25.8 Å². The van der Waals surface area contributed by atoms with E-state index in [-0.39, 0.29) is 0 Å². The Labute approximate surface area is 97.7 Å². The van der Waals surface area contributed by atoms with Gasteiger partial charge in [-0.2, -0.15) is 0 Å². The Hall–Kier alpha value is -0.220. The van der Waals surface area contributed by atoms with Gasteiger partial charge in [0.1, 0.15) is 6.61 Å². The fourth-order valence-corrected chi connectivity index (χ4v) is 1.55. The van der Waals surface area contributed by atoms with Crippen molar-refractivity contribution in [2.24, 2.45) is 0 Å². The number of unbranched alkanes of at least 4 members (excludes halogenated alkanes) is 1. The molecule has 2 nitrogen and oxygen atoms in total. The highest BCUT2D eigenvalue weighted by atomic mass is 19.3. The smallest absolute Gasteiger partial charge is 0.261 e. The lowest BCUT2D eigenvalue weighted by Gasteiger charge is -2.18. The van der Waals surface area contributed by atoms with Gasteiger partial charge in [-0.25, -0.2) is 8.78 Å². The molecule has 0 aliphatic carbocycles. The standard InChI is InChI=1S/C12H25F2NO/c1-3-5-6-11(15-8-4-2)7-9-16-10-12(13)14/h11-12,15H,3-10H2,1-2H3. The first-order chi connectivity index (χ1) is 7.70. The van der Waals surface area contributed by atoms with Crippen molar-refractivity contribution < 1.29 is 13.5 Å². The molecule has 1 atom stereocenters. The average Bonchev–Trinajstić information content (AvgIpc) is 2.26. The van der Waals surface area contributed by atoms with Crippen molar-refractivity contribution in [3.63, 3.8) is 0 Å². The molecule has 0 aliphatic heterocycles. The van der Waals surface area contributed by atoms with Crippen LogP contribution < -0.4 is 5.32 Å². The first-order valence-electron chi connectivity index (χ1n) is 6.29. The first kappa shape index (κ1) is 15.8. The Morgan fingerprint density at radius 3 is 2.44 bits per heavy atom. The molecule has 0 aromatic heterocycles. The molecule has 0 fully saturated rings. The molecule has 0 rings (SSSR count). The summed E-state index contributed by atoms with van der Waals surface area (Å²) in [6, 6.07) is 0.414. The van der Waals surface area contributed by atoms with E-state index in [2.05, 4.69) is 19.2 Å². The molecular weight excluding hydrogens is 212 g/mol. The van der Waals surface area contributed by atoms with Gasteiger partial charge < -0.3 is 10.1 Å². The van der Waals surface area contributed by atoms with Crippen LogP contribution in [0.15, 0.2) is 0 Å². The minimum Gasteiger partial charge on any atom is -0.375 e. The van der Waals surface area contributed by atoms with Gasteiger partial charge in [-0.3, -0.25) is 0 Å². The Bertz CT molecular complexity index is 137. The summed E-state index contributed by atoms with van der Waals surface area (Å²) in [5.74, 6) is 0.